The lowest BCUT2D eigenvalue weighted by molar-refractivity contribution is 0.165. The molecular formula is C5H8O. The van der Waals surface area contributed by atoms with Gasteiger partial charge in [0.1, 0.15) is 0 Å². The van der Waals surface area contributed by atoms with Crippen molar-refractivity contribution < 1.29 is 4.74 Å². The highest BCUT2D eigenvalue weighted by Gasteiger charge is 2.41. The van der Waals surface area contributed by atoms with Gasteiger partial charge in [0.05, 0.1) is 0 Å². The molecule has 1 saturated carbocycles. The summed E-state index contributed by atoms with van der Waals surface area (Å²) in [7, 11) is 0. The van der Waals surface area contributed by atoms with E-state index in [0.29, 0.717) is 0 Å². The van der Waals surface area contributed by atoms with Gasteiger partial charge in [-0.1, -0.05) is 0 Å². The first-order valence-corrected chi connectivity index (χ1v) is 2.54. The monoisotopic (exact) mass is 84.1 g/mol. The number of fused-ring (bicyclic) bond motifs is 1. The molecule has 0 radical (unpaired) electrons. The molecule has 0 aromatic carbocycles. The maximum Gasteiger partial charge on any atom is 0.0498 e. The number of hydrogen-bond acceptors (Lipinski definition) is 1. The molecule has 0 N–H and O–H groups in total. The Bertz CT molecular complexity index is 62.3. The maximum absolute atomic E-state index is 5.11. The molecule has 0 bridgehead atoms. The van der Waals surface area contributed by atoms with Crippen molar-refractivity contribution in [1.82, 2.24) is 0 Å². The summed E-state index contributed by atoms with van der Waals surface area (Å²) in [4.78, 5) is 0. The van der Waals surface area contributed by atoms with Gasteiger partial charge in [0.2, 0.25) is 0 Å². The smallest absolute Gasteiger partial charge is 0.0498 e. The largest absolute Gasteiger partial charge is 0.381 e. The molecule has 1 heteroatoms. The van der Waals surface area contributed by atoms with E-state index in [0.717, 1.165) is 25.0 Å². The lowest BCUT2D eigenvalue weighted by atomic mass is 10.4. The van der Waals surface area contributed by atoms with Gasteiger partial charge >= 0.3 is 0 Å². The first-order chi connectivity index (χ1) is 2.97. The van der Waals surface area contributed by atoms with Crippen molar-refractivity contribution in [2.45, 2.75) is 6.42 Å². The zero-order chi connectivity index (χ0) is 3.98. The van der Waals surface area contributed by atoms with Gasteiger partial charge in [0, 0.05) is 13.2 Å². The molecule has 1 nitrogen and oxygen atoms in total. The Morgan fingerprint density at radius 2 is 1.83 bits per heavy atom. The molecule has 2 rings (SSSR count). The van der Waals surface area contributed by atoms with E-state index >= 15 is 0 Å². The Morgan fingerprint density at radius 1 is 1.17 bits per heavy atom. The van der Waals surface area contributed by atoms with Crippen LogP contribution < -0.4 is 0 Å². The predicted molar refractivity (Wildman–Crippen MR) is 22.4 cm³/mol. The molecule has 1 unspecified atom stereocenters. The molecule has 2 fully saturated rings. The molecule has 2 aliphatic rings. The summed E-state index contributed by atoms with van der Waals surface area (Å²) in [6.45, 7) is 2.12. The van der Waals surface area contributed by atoms with E-state index in [9.17, 15) is 0 Å². The second kappa shape index (κ2) is 0.784. The Kier molecular flexibility index (Phi) is 0.396. The Balaban J connectivity index is 2.09. The molecule has 0 aromatic heterocycles. The highest BCUT2D eigenvalue weighted by atomic mass is 16.5. The zero-order valence-electron chi connectivity index (χ0n) is 3.68. The normalized spacial score (nSPS) is 52.0. The van der Waals surface area contributed by atoms with Gasteiger partial charge in [-0.3, -0.25) is 0 Å². The fraction of sp³-hybridized carbons (Fsp3) is 1.00. The number of rotatable bonds is 0. The fourth-order valence-electron chi connectivity index (χ4n) is 1.09. The van der Waals surface area contributed by atoms with Crippen molar-refractivity contribution in [2.75, 3.05) is 13.2 Å². The van der Waals surface area contributed by atoms with Gasteiger partial charge in [0.25, 0.3) is 0 Å². The minimum absolute atomic E-state index is 0.991. The fourth-order valence-corrected chi connectivity index (χ4v) is 1.09. The highest BCUT2D eigenvalue weighted by molar-refractivity contribution is 4.89. The third-order valence-electron chi connectivity index (χ3n) is 1.73. The van der Waals surface area contributed by atoms with Crippen LogP contribution in [0.5, 0.6) is 0 Å². The maximum atomic E-state index is 5.11. The van der Waals surface area contributed by atoms with Crippen LogP contribution in [-0.2, 0) is 4.74 Å². The minimum atomic E-state index is 0.991. The second-order valence-electron chi connectivity index (χ2n) is 2.29. The van der Waals surface area contributed by atoms with Crippen LogP contribution in [0.3, 0.4) is 0 Å². The van der Waals surface area contributed by atoms with Gasteiger partial charge in [-0.25, -0.2) is 0 Å². The molecule has 0 aromatic rings. The first kappa shape index (κ1) is 3.03. The molecule has 0 amide bonds. The standard InChI is InChI=1S/C5H8O/c1-4-2-6-3-5(1)4/h4-5H,1-3H2/t4-,5?/m1/s1. The van der Waals surface area contributed by atoms with Crippen LogP contribution in [0.1, 0.15) is 6.42 Å². The quantitative estimate of drug-likeness (QED) is 0.419. The van der Waals surface area contributed by atoms with Crippen LogP contribution in [0.4, 0.5) is 0 Å². The van der Waals surface area contributed by atoms with E-state index < -0.39 is 0 Å². The minimum Gasteiger partial charge on any atom is -0.381 e. The SMILES string of the molecule is C1OC[C@H]2CC12. The van der Waals surface area contributed by atoms with Crippen molar-refractivity contribution in [3.8, 4) is 0 Å². The molecule has 0 spiro atoms. The van der Waals surface area contributed by atoms with E-state index in [1.54, 1.807) is 0 Å². The molecule has 2 atom stereocenters. The summed E-state index contributed by atoms with van der Waals surface area (Å²) in [5.74, 6) is 1.98. The van der Waals surface area contributed by atoms with E-state index in [1.807, 2.05) is 0 Å². The molecule has 6 heavy (non-hydrogen) atoms. The predicted octanol–water partition coefficient (Wildman–Crippen LogP) is 0.653. The summed E-state index contributed by atoms with van der Waals surface area (Å²) in [6.07, 6.45) is 1.46. The van der Waals surface area contributed by atoms with Crippen molar-refractivity contribution in [3.05, 3.63) is 0 Å². The third-order valence-corrected chi connectivity index (χ3v) is 1.73. The lowest BCUT2D eigenvalue weighted by Crippen LogP contribution is -1.86. The van der Waals surface area contributed by atoms with E-state index in [4.69, 9.17) is 4.74 Å². The Hall–Kier alpha value is -0.0400. The summed E-state index contributed by atoms with van der Waals surface area (Å²) in [6, 6.07) is 0. The topological polar surface area (TPSA) is 9.23 Å². The van der Waals surface area contributed by atoms with Crippen LogP contribution in [0, 0.1) is 11.8 Å². The summed E-state index contributed by atoms with van der Waals surface area (Å²) >= 11 is 0. The van der Waals surface area contributed by atoms with Crippen molar-refractivity contribution in [3.63, 3.8) is 0 Å². The molecule has 1 aliphatic carbocycles. The zero-order valence-corrected chi connectivity index (χ0v) is 3.68. The molecule has 1 aliphatic heterocycles. The van der Waals surface area contributed by atoms with E-state index in [-0.39, 0.29) is 0 Å². The van der Waals surface area contributed by atoms with Crippen LogP contribution in [0.15, 0.2) is 0 Å². The van der Waals surface area contributed by atoms with E-state index in [1.165, 1.54) is 6.42 Å². The second-order valence-corrected chi connectivity index (χ2v) is 2.29. The lowest BCUT2D eigenvalue weighted by Gasteiger charge is -1.87. The molecule has 34 valence electrons. The van der Waals surface area contributed by atoms with Gasteiger partial charge < -0.3 is 4.74 Å². The van der Waals surface area contributed by atoms with Gasteiger partial charge in [-0.15, -0.1) is 0 Å². The number of ether oxygens (including phenoxy) is 1. The van der Waals surface area contributed by atoms with Gasteiger partial charge in [-0.05, 0) is 18.3 Å². The Labute approximate surface area is 37.3 Å². The van der Waals surface area contributed by atoms with Gasteiger partial charge in [-0.2, -0.15) is 0 Å². The van der Waals surface area contributed by atoms with Crippen LogP contribution in [-0.4, -0.2) is 13.2 Å². The van der Waals surface area contributed by atoms with Crippen molar-refractivity contribution in [1.29, 1.82) is 0 Å². The number of hydrogen-bond donors (Lipinski definition) is 0. The van der Waals surface area contributed by atoms with Crippen molar-refractivity contribution >= 4 is 0 Å². The molecule has 1 heterocycles. The first-order valence-electron chi connectivity index (χ1n) is 2.54. The summed E-state index contributed by atoms with van der Waals surface area (Å²) < 4.78 is 5.11. The average Bonchev–Trinajstić information content (AvgIpc) is 2.17. The summed E-state index contributed by atoms with van der Waals surface area (Å²) in [5.41, 5.74) is 0. The molecule has 1 saturated heterocycles. The van der Waals surface area contributed by atoms with Crippen LogP contribution in [0.2, 0.25) is 0 Å². The van der Waals surface area contributed by atoms with Crippen molar-refractivity contribution in [2.24, 2.45) is 11.8 Å². The molecular weight excluding hydrogens is 76.1 g/mol. The third kappa shape index (κ3) is 0.243. The average molecular weight is 84.1 g/mol. The highest BCUT2D eigenvalue weighted by Crippen LogP contribution is 2.43. The Morgan fingerprint density at radius 3 is 2.00 bits per heavy atom. The van der Waals surface area contributed by atoms with E-state index in [2.05, 4.69) is 0 Å². The van der Waals surface area contributed by atoms with Gasteiger partial charge in [0.15, 0.2) is 0 Å². The summed E-state index contributed by atoms with van der Waals surface area (Å²) in [5, 5.41) is 0. The van der Waals surface area contributed by atoms with Crippen LogP contribution in [0.25, 0.3) is 0 Å². The van der Waals surface area contributed by atoms with Crippen LogP contribution >= 0.6 is 0 Å².